The lowest BCUT2D eigenvalue weighted by atomic mass is 10.1. The van der Waals surface area contributed by atoms with E-state index in [-0.39, 0.29) is 11.9 Å². The molecule has 5 heteroatoms. The molecular weight excluding hydrogens is 336 g/mol. The van der Waals surface area contributed by atoms with Gasteiger partial charge in [0.25, 0.3) is 0 Å². The normalized spacial score (nSPS) is 10.2. The number of carbonyl (C=O) groups excluding carboxylic acids is 2. The molecule has 0 aliphatic heterocycles. The summed E-state index contributed by atoms with van der Waals surface area (Å²) in [7, 11) is 0. The highest BCUT2D eigenvalue weighted by Crippen LogP contribution is 2.07. The Bertz CT molecular complexity index is 315. The van der Waals surface area contributed by atoms with Crippen molar-refractivity contribution in [2.75, 3.05) is 18.5 Å². The van der Waals surface area contributed by atoms with Crippen LogP contribution in [0.5, 0.6) is 0 Å². The van der Waals surface area contributed by atoms with E-state index in [1.807, 2.05) is 0 Å². The largest absolute Gasteiger partial charge is 0.466 e. The Morgan fingerprint density at radius 2 is 1.43 bits per heavy atom. The quantitative estimate of drug-likeness (QED) is 0.213. The van der Waals surface area contributed by atoms with E-state index in [9.17, 15) is 9.59 Å². The number of halogens is 1. The van der Waals surface area contributed by atoms with E-state index in [1.165, 1.54) is 0 Å². The zero-order chi connectivity index (χ0) is 15.9. The Balaban J connectivity index is 3.21. The van der Waals surface area contributed by atoms with Gasteiger partial charge in [0, 0.05) is 17.3 Å². The minimum atomic E-state index is -0.309. The Labute approximate surface area is 136 Å². The summed E-state index contributed by atoms with van der Waals surface area (Å²) in [4.78, 5) is 22.3. The second-order valence-corrected chi connectivity index (χ2v) is 5.84. The third kappa shape index (κ3) is 13.9. The molecule has 0 amide bonds. The molecule has 0 unspecified atom stereocenters. The molecule has 0 heterocycles. The molecule has 0 radical (unpaired) electrons. The fourth-order valence-corrected chi connectivity index (χ4v) is 1.95. The molecule has 21 heavy (non-hydrogen) atoms. The average Bonchev–Trinajstić information content (AvgIpc) is 2.46. The van der Waals surface area contributed by atoms with Crippen LogP contribution in [0.2, 0.25) is 0 Å². The summed E-state index contributed by atoms with van der Waals surface area (Å²) in [5, 5.41) is 0.837. The maximum absolute atomic E-state index is 11.2. The molecule has 0 aliphatic carbocycles. The zero-order valence-electron chi connectivity index (χ0n) is 13.0. The number of hydrogen-bond acceptors (Lipinski definition) is 4. The van der Waals surface area contributed by atoms with Gasteiger partial charge < -0.3 is 9.47 Å². The maximum atomic E-state index is 11.2. The predicted octanol–water partition coefficient (Wildman–Crippen LogP) is 4.16. The van der Waals surface area contributed by atoms with Crippen molar-refractivity contribution in [2.24, 2.45) is 0 Å². The number of hydrogen-bond donors (Lipinski definition) is 0. The summed E-state index contributed by atoms with van der Waals surface area (Å²) in [6.45, 7) is 6.17. The fraction of sp³-hybridized carbons (Fsp3) is 0.750. The fourth-order valence-electron chi connectivity index (χ4n) is 1.67. The van der Waals surface area contributed by atoms with Gasteiger partial charge in [-0.2, -0.15) is 0 Å². The molecule has 0 N–H and O–H groups in total. The Morgan fingerprint density at radius 1 is 0.905 bits per heavy atom. The maximum Gasteiger partial charge on any atom is 0.333 e. The van der Waals surface area contributed by atoms with Crippen molar-refractivity contribution in [3.05, 3.63) is 12.2 Å². The molecule has 122 valence electrons. The summed E-state index contributed by atoms with van der Waals surface area (Å²) in [6, 6.07) is 0. The second kappa shape index (κ2) is 14.1. The first-order valence-electron chi connectivity index (χ1n) is 7.62. The molecule has 0 aromatic carbocycles. The van der Waals surface area contributed by atoms with Crippen molar-refractivity contribution >= 4 is 27.9 Å². The summed E-state index contributed by atoms with van der Waals surface area (Å²) in [5.41, 5.74) is 0.445. The van der Waals surface area contributed by atoms with Crippen LogP contribution >= 0.6 is 15.9 Å². The predicted molar refractivity (Wildman–Crippen MR) is 87.5 cm³/mol. The van der Waals surface area contributed by atoms with Gasteiger partial charge in [0.05, 0.1) is 13.2 Å². The molecular formula is C16H27BrO4. The number of carbonyl (C=O) groups is 2. The van der Waals surface area contributed by atoms with Gasteiger partial charge in [-0.05, 0) is 26.2 Å². The van der Waals surface area contributed by atoms with Crippen molar-refractivity contribution in [1.29, 1.82) is 0 Å². The lowest BCUT2D eigenvalue weighted by Crippen LogP contribution is -2.06. The van der Waals surface area contributed by atoms with E-state index in [1.54, 1.807) is 6.92 Å². The highest BCUT2D eigenvalue weighted by atomic mass is 79.9. The topological polar surface area (TPSA) is 52.6 Å². The van der Waals surface area contributed by atoms with E-state index in [4.69, 9.17) is 9.47 Å². The van der Waals surface area contributed by atoms with Crippen LogP contribution in [-0.2, 0) is 19.1 Å². The van der Waals surface area contributed by atoms with Crippen LogP contribution in [0.25, 0.3) is 0 Å². The van der Waals surface area contributed by atoms with Gasteiger partial charge in [0.15, 0.2) is 0 Å². The summed E-state index contributed by atoms with van der Waals surface area (Å²) < 4.78 is 10.1. The Hall–Kier alpha value is -0.840. The number of unbranched alkanes of at least 4 members (excludes halogenated alkanes) is 5. The van der Waals surface area contributed by atoms with Gasteiger partial charge in [0.2, 0.25) is 0 Å². The highest BCUT2D eigenvalue weighted by molar-refractivity contribution is 9.09. The monoisotopic (exact) mass is 362 g/mol. The minimum Gasteiger partial charge on any atom is -0.466 e. The van der Waals surface area contributed by atoms with Gasteiger partial charge in [-0.1, -0.05) is 48.2 Å². The van der Waals surface area contributed by atoms with Crippen LogP contribution < -0.4 is 0 Å². The number of rotatable bonds is 13. The molecule has 0 rings (SSSR count). The van der Waals surface area contributed by atoms with E-state index in [0.717, 1.165) is 50.3 Å². The van der Waals surface area contributed by atoms with Gasteiger partial charge in [0.1, 0.15) is 0 Å². The molecule has 0 saturated heterocycles. The Kier molecular flexibility index (Phi) is 13.5. The first kappa shape index (κ1) is 20.2. The second-order valence-electron chi connectivity index (χ2n) is 5.05. The molecule has 0 bridgehead atoms. The van der Waals surface area contributed by atoms with Crippen LogP contribution in [0.15, 0.2) is 12.2 Å². The zero-order valence-corrected chi connectivity index (χ0v) is 14.6. The lowest BCUT2D eigenvalue weighted by molar-refractivity contribution is -0.143. The van der Waals surface area contributed by atoms with E-state index >= 15 is 0 Å². The van der Waals surface area contributed by atoms with Gasteiger partial charge >= 0.3 is 11.9 Å². The smallest absolute Gasteiger partial charge is 0.333 e. The van der Waals surface area contributed by atoms with Crippen molar-refractivity contribution in [3.63, 3.8) is 0 Å². The van der Waals surface area contributed by atoms with Crippen molar-refractivity contribution in [2.45, 2.75) is 58.3 Å². The van der Waals surface area contributed by atoms with E-state index < -0.39 is 0 Å². The lowest BCUT2D eigenvalue weighted by Gasteiger charge is -2.05. The summed E-state index contributed by atoms with van der Waals surface area (Å²) >= 11 is 3.28. The standard InChI is InChI=1S/C16H27BrO4/c1-14(2)16(19)21-13-8-6-4-3-5-7-12-20-15(18)10-9-11-17/h1,3-13H2,2H3. The summed E-state index contributed by atoms with van der Waals surface area (Å²) in [6.07, 6.45) is 7.48. The number of ether oxygens (including phenoxy) is 2. The number of esters is 2. The van der Waals surface area contributed by atoms with Crippen molar-refractivity contribution in [3.8, 4) is 0 Å². The average molecular weight is 363 g/mol. The molecule has 4 nitrogen and oxygen atoms in total. The molecule has 0 atom stereocenters. The molecule has 0 aliphatic rings. The van der Waals surface area contributed by atoms with E-state index in [2.05, 4.69) is 22.5 Å². The van der Waals surface area contributed by atoms with Crippen LogP contribution in [-0.4, -0.2) is 30.5 Å². The van der Waals surface area contributed by atoms with Crippen LogP contribution in [0.1, 0.15) is 58.3 Å². The van der Waals surface area contributed by atoms with Crippen LogP contribution in [0, 0.1) is 0 Å². The molecule has 0 fully saturated rings. The molecule has 0 aromatic heterocycles. The third-order valence-electron chi connectivity index (χ3n) is 2.90. The minimum absolute atomic E-state index is 0.103. The first-order chi connectivity index (χ1) is 10.1. The van der Waals surface area contributed by atoms with E-state index in [0.29, 0.717) is 25.2 Å². The van der Waals surface area contributed by atoms with Gasteiger partial charge in [-0.15, -0.1) is 0 Å². The van der Waals surface area contributed by atoms with Crippen molar-refractivity contribution < 1.29 is 19.1 Å². The SMILES string of the molecule is C=C(C)C(=O)OCCCCCCCCOC(=O)CCCBr. The van der Waals surface area contributed by atoms with Crippen molar-refractivity contribution in [1.82, 2.24) is 0 Å². The van der Waals surface area contributed by atoms with Crippen LogP contribution in [0.3, 0.4) is 0 Å². The molecule has 0 aromatic rings. The molecule has 0 saturated carbocycles. The third-order valence-corrected chi connectivity index (χ3v) is 3.46. The van der Waals surface area contributed by atoms with Crippen LogP contribution in [0.4, 0.5) is 0 Å². The van der Waals surface area contributed by atoms with Gasteiger partial charge in [-0.3, -0.25) is 4.79 Å². The molecule has 0 spiro atoms. The highest BCUT2D eigenvalue weighted by Gasteiger charge is 2.02. The Morgan fingerprint density at radius 3 is 1.95 bits per heavy atom. The van der Waals surface area contributed by atoms with Gasteiger partial charge in [-0.25, -0.2) is 4.79 Å². The first-order valence-corrected chi connectivity index (χ1v) is 8.74. The summed E-state index contributed by atoms with van der Waals surface area (Å²) in [5.74, 6) is -0.412. The number of alkyl halides is 1.